The van der Waals surface area contributed by atoms with Crippen molar-refractivity contribution in [1.29, 1.82) is 0 Å². The largest absolute Gasteiger partial charge is 0.419 e. The maximum Gasteiger partial charge on any atom is 0.247 e. The monoisotopic (exact) mass is 311 g/mol. The van der Waals surface area contributed by atoms with Crippen LogP contribution in [0.5, 0.6) is 0 Å². The van der Waals surface area contributed by atoms with Crippen LogP contribution in [0.4, 0.5) is 5.69 Å². The molecule has 3 aromatic rings. The van der Waals surface area contributed by atoms with Gasteiger partial charge in [0, 0.05) is 22.8 Å². The van der Waals surface area contributed by atoms with E-state index < -0.39 is 0 Å². The molecule has 0 saturated carbocycles. The van der Waals surface area contributed by atoms with E-state index >= 15 is 0 Å². The molecular weight excluding hydrogens is 298 g/mol. The molecule has 4 rings (SSSR count). The zero-order valence-corrected chi connectivity index (χ0v) is 12.6. The Balaban J connectivity index is 1.54. The maximum atomic E-state index is 5.89. The van der Waals surface area contributed by atoms with E-state index in [0.29, 0.717) is 23.3 Å². The van der Waals surface area contributed by atoms with Crippen molar-refractivity contribution >= 4 is 17.3 Å². The molecule has 5 heteroatoms. The highest BCUT2D eigenvalue weighted by Gasteiger charge is 2.20. The van der Waals surface area contributed by atoms with Gasteiger partial charge in [0.1, 0.15) is 0 Å². The van der Waals surface area contributed by atoms with E-state index in [9.17, 15) is 0 Å². The van der Waals surface area contributed by atoms with Gasteiger partial charge in [0.05, 0.1) is 6.54 Å². The van der Waals surface area contributed by atoms with Crippen LogP contribution in [0.25, 0.3) is 11.5 Å². The topological polar surface area (TPSA) is 42.2 Å². The first kappa shape index (κ1) is 13.3. The van der Waals surface area contributed by atoms with Crippen molar-refractivity contribution < 1.29 is 4.42 Å². The van der Waals surface area contributed by atoms with Gasteiger partial charge in [-0.05, 0) is 42.3 Å². The fourth-order valence-electron chi connectivity index (χ4n) is 2.76. The molecule has 0 N–H and O–H groups in total. The summed E-state index contributed by atoms with van der Waals surface area (Å²) >= 11 is 5.89. The van der Waals surface area contributed by atoms with Crippen molar-refractivity contribution in [3.63, 3.8) is 0 Å². The first-order chi connectivity index (χ1) is 10.8. The van der Waals surface area contributed by atoms with E-state index in [1.54, 1.807) is 0 Å². The molecule has 2 aromatic carbocycles. The molecular formula is C17H14ClN3O. The van der Waals surface area contributed by atoms with Crippen molar-refractivity contribution in [2.45, 2.75) is 13.0 Å². The molecule has 0 aliphatic carbocycles. The van der Waals surface area contributed by atoms with Crippen molar-refractivity contribution in [3.8, 4) is 11.5 Å². The molecule has 0 saturated heterocycles. The Bertz CT molecular complexity index is 798. The minimum absolute atomic E-state index is 0.527. The van der Waals surface area contributed by atoms with Gasteiger partial charge >= 0.3 is 0 Å². The summed E-state index contributed by atoms with van der Waals surface area (Å²) in [5, 5.41) is 8.98. The van der Waals surface area contributed by atoms with E-state index in [4.69, 9.17) is 16.0 Å². The molecule has 0 unspecified atom stereocenters. The molecule has 0 atom stereocenters. The van der Waals surface area contributed by atoms with E-state index in [0.717, 1.165) is 18.5 Å². The number of hydrogen-bond donors (Lipinski definition) is 0. The van der Waals surface area contributed by atoms with Gasteiger partial charge in [-0.25, -0.2) is 0 Å². The summed E-state index contributed by atoms with van der Waals surface area (Å²) in [4.78, 5) is 2.27. The highest BCUT2D eigenvalue weighted by molar-refractivity contribution is 6.30. The molecule has 1 aliphatic heterocycles. The highest BCUT2D eigenvalue weighted by atomic mass is 35.5. The van der Waals surface area contributed by atoms with Crippen LogP contribution in [0.2, 0.25) is 5.02 Å². The van der Waals surface area contributed by atoms with Gasteiger partial charge in [-0.2, -0.15) is 0 Å². The second kappa shape index (κ2) is 5.46. The minimum atomic E-state index is 0.527. The van der Waals surface area contributed by atoms with Crippen LogP contribution in [0.15, 0.2) is 52.9 Å². The summed E-state index contributed by atoms with van der Waals surface area (Å²) in [6.07, 6.45) is 1.06. The average Bonchev–Trinajstić information content (AvgIpc) is 3.16. The first-order valence-corrected chi connectivity index (χ1v) is 7.58. The van der Waals surface area contributed by atoms with Crippen LogP contribution in [0.1, 0.15) is 11.5 Å². The maximum absolute atomic E-state index is 5.89. The third-order valence-electron chi connectivity index (χ3n) is 3.87. The molecule has 0 fully saturated rings. The van der Waals surface area contributed by atoms with Crippen molar-refractivity contribution in [1.82, 2.24) is 10.2 Å². The van der Waals surface area contributed by atoms with Crippen LogP contribution in [0, 0.1) is 0 Å². The normalized spacial score (nSPS) is 13.4. The summed E-state index contributed by atoms with van der Waals surface area (Å²) in [7, 11) is 0. The number of hydrogen-bond acceptors (Lipinski definition) is 4. The fraction of sp³-hybridized carbons (Fsp3) is 0.176. The van der Waals surface area contributed by atoms with Gasteiger partial charge in [0.25, 0.3) is 0 Å². The van der Waals surface area contributed by atoms with Crippen molar-refractivity contribution in [3.05, 3.63) is 65.0 Å². The van der Waals surface area contributed by atoms with Crippen LogP contribution in [0.3, 0.4) is 0 Å². The Kier molecular flexibility index (Phi) is 3.31. The third-order valence-corrected chi connectivity index (χ3v) is 4.12. The molecule has 0 spiro atoms. The number of fused-ring (bicyclic) bond motifs is 1. The number of para-hydroxylation sites is 1. The molecule has 0 radical (unpaired) electrons. The summed E-state index contributed by atoms with van der Waals surface area (Å²) < 4.78 is 5.78. The third kappa shape index (κ3) is 2.46. The van der Waals surface area contributed by atoms with Crippen LogP contribution in [-0.2, 0) is 13.0 Å². The van der Waals surface area contributed by atoms with Crippen LogP contribution >= 0.6 is 11.6 Å². The van der Waals surface area contributed by atoms with Crippen LogP contribution < -0.4 is 4.90 Å². The van der Waals surface area contributed by atoms with Gasteiger partial charge < -0.3 is 9.32 Å². The lowest BCUT2D eigenvalue weighted by molar-refractivity contribution is 0.500. The van der Waals surface area contributed by atoms with Crippen LogP contribution in [-0.4, -0.2) is 16.7 Å². The van der Waals surface area contributed by atoms with Gasteiger partial charge in [0.15, 0.2) is 0 Å². The van der Waals surface area contributed by atoms with Gasteiger partial charge in [0.2, 0.25) is 11.8 Å². The number of aromatic nitrogens is 2. The van der Waals surface area contributed by atoms with E-state index in [2.05, 4.69) is 39.4 Å². The highest BCUT2D eigenvalue weighted by Crippen LogP contribution is 2.29. The summed E-state index contributed by atoms with van der Waals surface area (Å²) in [6.45, 7) is 1.62. The second-order valence-corrected chi connectivity index (χ2v) is 5.74. The lowest BCUT2D eigenvalue weighted by Crippen LogP contribution is -2.19. The SMILES string of the molecule is Clc1ccc(-c2nnc(CN3CCc4ccccc43)o2)cc1. The Labute approximate surface area is 133 Å². The number of nitrogens with zero attached hydrogens (tertiary/aromatic N) is 3. The summed E-state index contributed by atoms with van der Waals surface area (Å²) in [5.74, 6) is 1.15. The standard InChI is InChI=1S/C17H14ClN3O/c18-14-7-5-13(6-8-14)17-20-19-16(22-17)11-21-10-9-12-3-1-2-4-15(12)21/h1-8H,9-11H2. The smallest absolute Gasteiger partial charge is 0.247 e. The quantitative estimate of drug-likeness (QED) is 0.734. The Morgan fingerprint density at radius 1 is 1.05 bits per heavy atom. The number of halogens is 1. The molecule has 2 heterocycles. The number of benzene rings is 2. The molecule has 4 nitrogen and oxygen atoms in total. The lowest BCUT2D eigenvalue weighted by atomic mass is 10.2. The zero-order chi connectivity index (χ0) is 14.9. The molecule has 1 aromatic heterocycles. The Hall–Kier alpha value is -2.33. The Morgan fingerprint density at radius 2 is 1.86 bits per heavy atom. The lowest BCUT2D eigenvalue weighted by Gasteiger charge is -2.16. The molecule has 0 bridgehead atoms. The van der Waals surface area contributed by atoms with E-state index in [-0.39, 0.29) is 0 Å². The number of rotatable bonds is 3. The van der Waals surface area contributed by atoms with Gasteiger partial charge in [-0.1, -0.05) is 29.8 Å². The molecule has 1 aliphatic rings. The molecule has 22 heavy (non-hydrogen) atoms. The zero-order valence-electron chi connectivity index (χ0n) is 11.9. The van der Waals surface area contributed by atoms with Gasteiger partial charge in [-0.3, -0.25) is 0 Å². The number of anilines is 1. The fourth-order valence-corrected chi connectivity index (χ4v) is 2.89. The predicted molar refractivity (Wildman–Crippen MR) is 85.9 cm³/mol. The molecule has 110 valence electrons. The van der Waals surface area contributed by atoms with Crippen molar-refractivity contribution in [2.24, 2.45) is 0 Å². The second-order valence-electron chi connectivity index (χ2n) is 5.31. The molecule has 0 amide bonds. The summed E-state index contributed by atoms with van der Waals surface area (Å²) in [6, 6.07) is 15.8. The van der Waals surface area contributed by atoms with E-state index in [1.807, 2.05) is 24.3 Å². The first-order valence-electron chi connectivity index (χ1n) is 7.21. The minimum Gasteiger partial charge on any atom is -0.419 e. The van der Waals surface area contributed by atoms with Crippen molar-refractivity contribution in [2.75, 3.05) is 11.4 Å². The predicted octanol–water partition coefficient (Wildman–Crippen LogP) is 3.95. The van der Waals surface area contributed by atoms with E-state index in [1.165, 1.54) is 11.3 Å². The Morgan fingerprint density at radius 3 is 2.73 bits per heavy atom. The summed E-state index contributed by atoms with van der Waals surface area (Å²) in [5.41, 5.74) is 3.51. The van der Waals surface area contributed by atoms with Gasteiger partial charge in [-0.15, -0.1) is 10.2 Å². The average molecular weight is 312 g/mol.